The average molecular weight is 489 g/mol. The number of carbonyl (C=O) groups is 1. The highest BCUT2D eigenvalue weighted by Crippen LogP contribution is 2.29. The standard InChI is InChI=1S/C27H28N4O3S/c1-4-20-10-8-9-13-24(20)28-25(32)18-35-27-30-29-26(31(27)21-11-6-5-7-12-21)19(2)34-23-16-14-22(33-3)15-17-23/h5-17,19H,4,18H2,1-3H3,(H,28,32). The number of aromatic nitrogens is 3. The minimum atomic E-state index is -0.379. The van der Waals surface area contributed by atoms with E-state index in [-0.39, 0.29) is 17.8 Å². The van der Waals surface area contributed by atoms with Gasteiger partial charge in [-0.1, -0.05) is 55.1 Å². The summed E-state index contributed by atoms with van der Waals surface area (Å²) in [6.45, 7) is 4.00. The number of aryl methyl sites for hydroxylation is 1. The SMILES string of the molecule is CCc1ccccc1NC(=O)CSc1nnc(C(C)Oc2ccc(OC)cc2)n1-c1ccccc1. The molecule has 180 valence electrons. The molecular weight excluding hydrogens is 460 g/mol. The summed E-state index contributed by atoms with van der Waals surface area (Å²) in [5.74, 6) is 2.21. The van der Waals surface area contributed by atoms with E-state index in [1.54, 1.807) is 7.11 Å². The van der Waals surface area contributed by atoms with E-state index in [0.717, 1.165) is 29.1 Å². The van der Waals surface area contributed by atoms with Gasteiger partial charge in [0.15, 0.2) is 17.1 Å². The van der Waals surface area contributed by atoms with Gasteiger partial charge in [-0.2, -0.15) is 0 Å². The third-order valence-corrected chi connectivity index (χ3v) is 6.34. The van der Waals surface area contributed by atoms with Crippen molar-refractivity contribution in [1.29, 1.82) is 0 Å². The van der Waals surface area contributed by atoms with Crippen LogP contribution in [0.1, 0.15) is 31.3 Å². The monoisotopic (exact) mass is 488 g/mol. The summed E-state index contributed by atoms with van der Waals surface area (Å²) in [5.41, 5.74) is 2.84. The minimum Gasteiger partial charge on any atom is -0.497 e. The zero-order valence-corrected chi connectivity index (χ0v) is 20.8. The lowest BCUT2D eigenvalue weighted by Gasteiger charge is -2.17. The Morgan fingerprint density at radius 2 is 1.66 bits per heavy atom. The van der Waals surface area contributed by atoms with E-state index in [9.17, 15) is 4.79 Å². The van der Waals surface area contributed by atoms with Crippen molar-refractivity contribution < 1.29 is 14.3 Å². The number of rotatable bonds is 10. The Morgan fingerprint density at radius 1 is 0.971 bits per heavy atom. The van der Waals surface area contributed by atoms with Gasteiger partial charge in [-0.3, -0.25) is 9.36 Å². The molecule has 4 aromatic rings. The minimum absolute atomic E-state index is 0.0948. The van der Waals surface area contributed by atoms with Crippen molar-refractivity contribution in [2.75, 3.05) is 18.2 Å². The second-order valence-electron chi connectivity index (χ2n) is 7.79. The fraction of sp³-hybridized carbons (Fsp3) is 0.222. The lowest BCUT2D eigenvalue weighted by molar-refractivity contribution is -0.113. The summed E-state index contributed by atoms with van der Waals surface area (Å²) in [5, 5.41) is 12.4. The van der Waals surface area contributed by atoms with Crippen molar-refractivity contribution in [3.63, 3.8) is 0 Å². The van der Waals surface area contributed by atoms with Crippen LogP contribution in [0.4, 0.5) is 5.69 Å². The van der Waals surface area contributed by atoms with Gasteiger partial charge < -0.3 is 14.8 Å². The zero-order chi connectivity index (χ0) is 24.6. The average Bonchev–Trinajstić information content (AvgIpc) is 3.33. The summed E-state index contributed by atoms with van der Waals surface area (Å²) in [4.78, 5) is 12.7. The molecule has 3 aromatic carbocycles. The van der Waals surface area contributed by atoms with Gasteiger partial charge in [-0.25, -0.2) is 0 Å². The maximum atomic E-state index is 12.7. The van der Waals surface area contributed by atoms with Gasteiger partial charge in [0, 0.05) is 11.4 Å². The van der Waals surface area contributed by atoms with Crippen molar-refractivity contribution in [1.82, 2.24) is 14.8 Å². The number of benzene rings is 3. The Labute approximate surface area is 209 Å². The highest BCUT2D eigenvalue weighted by Gasteiger charge is 2.22. The summed E-state index contributed by atoms with van der Waals surface area (Å²) < 4.78 is 13.3. The van der Waals surface area contributed by atoms with Gasteiger partial charge in [-0.15, -0.1) is 10.2 Å². The number of methoxy groups -OCH3 is 1. The number of thioether (sulfide) groups is 1. The van der Waals surface area contributed by atoms with Crippen LogP contribution in [0.15, 0.2) is 84.0 Å². The molecule has 1 unspecified atom stereocenters. The molecule has 4 rings (SSSR count). The van der Waals surface area contributed by atoms with Crippen LogP contribution in [-0.4, -0.2) is 33.5 Å². The van der Waals surface area contributed by atoms with Gasteiger partial charge in [0.1, 0.15) is 11.5 Å². The first-order valence-electron chi connectivity index (χ1n) is 11.4. The smallest absolute Gasteiger partial charge is 0.234 e. The number of para-hydroxylation sites is 2. The van der Waals surface area contributed by atoms with Crippen LogP contribution in [-0.2, 0) is 11.2 Å². The maximum Gasteiger partial charge on any atom is 0.234 e. The van der Waals surface area contributed by atoms with E-state index in [2.05, 4.69) is 22.4 Å². The first-order chi connectivity index (χ1) is 17.1. The van der Waals surface area contributed by atoms with Gasteiger partial charge in [0.05, 0.1) is 12.9 Å². The van der Waals surface area contributed by atoms with E-state index >= 15 is 0 Å². The Bertz CT molecular complexity index is 1260. The number of anilines is 1. The Hall–Kier alpha value is -3.78. The van der Waals surface area contributed by atoms with Gasteiger partial charge >= 0.3 is 0 Å². The summed E-state index contributed by atoms with van der Waals surface area (Å²) >= 11 is 1.34. The lowest BCUT2D eigenvalue weighted by atomic mass is 10.1. The van der Waals surface area contributed by atoms with Crippen LogP contribution in [0, 0.1) is 0 Å². The highest BCUT2D eigenvalue weighted by molar-refractivity contribution is 7.99. The molecule has 0 saturated heterocycles. The number of hydrogen-bond donors (Lipinski definition) is 1. The van der Waals surface area contributed by atoms with E-state index in [1.165, 1.54) is 11.8 Å². The number of nitrogens with one attached hydrogen (secondary N) is 1. The normalized spacial score (nSPS) is 11.6. The van der Waals surface area contributed by atoms with Crippen molar-refractivity contribution >= 4 is 23.4 Å². The molecule has 35 heavy (non-hydrogen) atoms. The lowest BCUT2D eigenvalue weighted by Crippen LogP contribution is -2.16. The summed E-state index contributed by atoms with van der Waals surface area (Å²) in [7, 11) is 1.63. The molecule has 0 saturated carbocycles. The molecule has 7 nitrogen and oxygen atoms in total. The van der Waals surface area contributed by atoms with E-state index in [1.807, 2.05) is 90.4 Å². The number of carbonyl (C=O) groups excluding carboxylic acids is 1. The number of nitrogens with zero attached hydrogens (tertiary/aromatic N) is 3. The zero-order valence-electron chi connectivity index (χ0n) is 20.0. The van der Waals surface area contributed by atoms with Crippen LogP contribution in [0.25, 0.3) is 5.69 Å². The predicted molar refractivity (Wildman–Crippen MR) is 139 cm³/mol. The summed E-state index contributed by atoms with van der Waals surface area (Å²) in [6.07, 6.45) is 0.470. The molecule has 0 spiro atoms. The maximum absolute atomic E-state index is 12.7. The van der Waals surface area contributed by atoms with E-state index in [4.69, 9.17) is 9.47 Å². The van der Waals surface area contributed by atoms with Crippen molar-refractivity contribution in [2.24, 2.45) is 0 Å². The van der Waals surface area contributed by atoms with Crippen LogP contribution in [0.3, 0.4) is 0 Å². The molecule has 1 N–H and O–H groups in total. The Balaban J connectivity index is 1.53. The molecule has 0 bridgehead atoms. The molecule has 1 amide bonds. The molecule has 0 radical (unpaired) electrons. The molecule has 8 heteroatoms. The first kappa shape index (κ1) is 24.3. The molecular formula is C27H28N4O3S. The number of ether oxygens (including phenoxy) is 2. The van der Waals surface area contributed by atoms with Crippen LogP contribution >= 0.6 is 11.8 Å². The quantitative estimate of drug-likeness (QED) is 0.288. The molecule has 0 fully saturated rings. The fourth-order valence-electron chi connectivity index (χ4n) is 3.64. The van der Waals surface area contributed by atoms with Crippen LogP contribution in [0.5, 0.6) is 11.5 Å². The van der Waals surface area contributed by atoms with Gasteiger partial charge in [0.2, 0.25) is 5.91 Å². The summed E-state index contributed by atoms with van der Waals surface area (Å²) in [6, 6.07) is 25.1. The third kappa shape index (κ3) is 6.02. The second-order valence-corrected chi connectivity index (χ2v) is 8.74. The molecule has 0 aliphatic rings. The molecule has 1 atom stereocenters. The Morgan fingerprint density at radius 3 is 2.37 bits per heavy atom. The number of hydrogen-bond acceptors (Lipinski definition) is 6. The van der Waals surface area contributed by atoms with E-state index < -0.39 is 0 Å². The first-order valence-corrected chi connectivity index (χ1v) is 12.4. The molecule has 1 heterocycles. The Kier molecular flexibility index (Phi) is 8.05. The van der Waals surface area contributed by atoms with Crippen molar-refractivity contribution in [3.05, 3.63) is 90.3 Å². The van der Waals surface area contributed by atoms with Crippen molar-refractivity contribution in [3.8, 4) is 17.2 Å². The van der Waals surface area contributed by atoms with Crippen LogP contribution < -0.4 is 14.8 Å². The van der Waals surface area contributed by atoms with Gasteiger partial charge in [0.25, 0.3) is 0 Å². The topological polar surface area (TPSA) is 78.3 Å². The third-order valence-electron chi connectivity index (χ3n) is 5.41. The van der Waals surface area contributed by atoms with Gasteiger partial charge in [-0.05, 0) is 61.4 Å². The van der Waals surface area contributed by atoms with E-state index in [0.29, 0.717) is 16.7 Å². The largest absolute Gasteiger partial charge is 0.497 e. The highest BCUT2D eigenvalue weighted by atomic mass is 32.2. The molecule has 0 aliphatic carbocycles. The second kappa shape index (κ2) is 11.6. The molecule has 0 aliphatic heterocycles. The predicted octanol–water partition coefficient (Wildman–Crippen LogP) is 5.71. The number of amides is 1. The van der Waals surface area contributed by atoms with Crippen molar-refractivity contribution in [2.45, 2.75) is 31.5 Å². The molecule has 1 aromatic heterocycles. The van der Waals surface area contributed by atoms with Crippen LogP contribution in [0.2, 0.25) is 0 Å². The fourth-order valence-corrected chi connectivity index (χ4v) is 4.39.